The van der Waals surface area contributed by atoms with Crippen LogP contribution in [0, 0.1) is 12.7 Å². The minimum atomic E-state index is -0.808. The van der Waals surface area contributed by atoms with E-state index < -0.39 is 35.3 Å². The molecule has 1 N–H and O–H groups in total. The minimum absolute atomic E-state index is 0.111. The zero-order valence-corrected chi connectivity index (χ0v) is 20.7. The van der Waals surface area contributed by atoms with Crippen LogP contribution in [0.5, 0.6) is 5.88 Å². The Balaban J connectivity index is 1.96. The fraction of sp³-hybridized carbons (Fsp3) is 0.333. The summed E-state index contributed by atoms with van der Waals surface area (Å²) in [4.78, 5) is 32.2. The maximum absolute atomic E-state index is 15.4. The van der Waals surface area contributed by atoms with Crippen LogP contribution < -0.4 is 15.3 Å². The number of thiol groups is 1. The molecule has 3 heterocycles. The fourth-order valence-corrected chi connectivity index (χ4v) is 5.13. The van der Waals surface area contributed by atoms with E-state index in [1.807, 2.05) is 6.92 Å². The molecule has 3 aromatic rings. The van der Waals surface area contributed by atoms with Crippen LogP contribution in [0.1, 0.15) is 47.1 Å². The number of carbonyl (C=O) groups is 1. The number of anilines is 1. The highest BCUT2D eigenvalue weighted by Gasteiger charge is 2.42. The number of aliphatic hydroxyl groups excluding tert-OH is 1. The molecule has 1 aromatic carbocycles. The number of pyridine rings is 1. The molecule has 2 aromatic heterocycles. The second kappa shape index (κ2) is 9.31. The molecule has 1 amide bonds. The number of rotatable bonds is 6. The van der Waals surface area contributed by atoms with Gasteiger partial charge in [-0.3, -0.25) is 14.3 Å². The van der Waals surface area contributed by atoms with Gasteiger partial charge in [0.05, 0.1) is 12.5 Å². The Bertz CT molecular complexity index is 1400. The van der Waals surface area contributed by atoms with Crippen molar-refractivity contribution < 1.29 is 19.0 Å². The van der Waals surface area contributed by atoms with Crippen molar-refractivity contribution in [1.29, 1.82) is 0 Å². The molecule has 1 aliphatic heterocycles. The van der Waals surface area contributed by atoms with Crippen molar-refractivity contribution in [3.8, 4) is 11.6 Å². The number of methoxy groups -OCH3 is 1. The first-order valence-electron chi connectivity index (χ1n) is 11.0. The maximum atomic E-state index is 15.4. The van der Waals surface area contributed by atoms with Gasteiger partial charge in [-0.1, -0.05) is 12.2 Å². The molecule has 1 aliphatic rings. The van der Waals surface area contributed by atoms with Crippen LogP contribution in [-0.4, -0.2) is 42.8 Å². The predicted octanol–water partition coefficient (Wildman–Crippen LogP) is 2.97. The Hall–Kier alpha value is -3.44. The van der Waals surface area contributed by atoms with Crippen LogP contribution in [0.4, 0.5) is 10.1 Å². The highest BCUT2D eigenvalue weighted by molar-refractivity contribution is 7.81. The van der Waals surface area contributed by atoms with Gasteiger partial charge in [0.15, 0.2) is 5.82 Å². The third-order valence-corrected chi connectivity index (χ3v) is 6.68. The smallest absolute Gasteiger partial charge is 0.350 e. The zero-order valence-electron chi connectivity index (χ0n) is 19.8. The van der Waals surface area contributed by atoms with E-state index in [1.54, 1.807) is 26.1 Å². The number of fused-ring (bicyclic) bond motifs is 1. The number of benzene rings is 1. The lowest BCUT2D eigenvalue weighted by atomic mass is 9.84. The molecule has 0 fully saturated rings. The average molecular weight is 500 g/mol. The first-order chi connectivity index (χ1) is 16.7. The average Bonchev–Trinajstić information content (AvgIpc) is 3.15. The number of halogens is 1. The first-order valence-corrected chi connectivity index (χ1v) is 11.5. The predicted molar refractivity (Wildman–Crippen MR) is 132 cm³/mol. The molecule has 11 heteroatoms. The van der Waals surface area contributed by atoms with Crippen molar-refractivity contribution in [3.05, 3.63) is 75.4 Å². The van der Waals surface area contributed by atoms with Gasteiger partial charge in [-0.15, -0.1) is 5.10 Å². The summed E-state index contributed by atoms with van der Waals surface area (Å²) < 4.78 is 23.0. The second-order valence-corrected chi connectivity index (χ2v) is 8.83. The standard InChI is InChI=1S/C24H26FN5O4S/c1-6-28-18(11-31)27-30(24(28)33)17-10-14-15(9-16(17)25)22(32)29(23(35)19(14)12(2)3)20-13(4)7-8-26-21(20)34-5/h7-10,19,23,31,35H,2,6,11H2,1,3-5H3/t19-,23?/m0/s1. The molecule has 0 spiro atoms. The lowest BCUT2D eigenvalue weighted by Crippen LogP contribution is -2.46. The maximum Gasteiger partial charge on any atom is 0.350 e. The van der Waals surface area contributed by atoms with Gasteiger partial charge in [0.2, 0.25) is 5.88 Å². The summed E-state index contributed by atoms with van der Waals surface area (Å²) in [6.07, 6.45) is 1.57. The monoisotopic (exact) mass is 499 g/mol. The molecule has 0 saturated heterocycles. The van der Waals surface area contributed by atoms with Gasteiger partial charge < -0.3 is 9.84 Å². The molecule has 1 unspecified atom stereocenters. The Labute approximate surface area is 206 Å². The van der Waals surface area contributed by atoms with Crippen LogP contribution >= 0.6 is 12.6 Å². The number of ether oxygens (including phenoxy) is 1. The highest BCUT2D eigenvalue weighted by atomic mass is 32.1. The van der Waals surface area contributed by atoms with Crippen molar-refractivity contribution in [2.75, 3.05) is 12.0 Å². The molecule has 0 aliphatic carbocycles. The summed E-state index contributed by atoms with van der Waals surface area (Å²) >= 11 is 4.78. The fourth-order valence-electron chi connectivity index (χ4n) is 4.49. The van der Waals surface area contributed by atoms with Crippen molar-refractivity contribution in [2.24, 2.45) is 0 Å². The van der Waals surface area contributed by atoms with E-state index in [-0.39, 0.29) is 29.5 Å². The summed E-state index contributed by atoms with van der Waals surface area (Å²) in [7, 11) is 1.46. The van der Waals surface area contributed by atoms with Crippen molar-refractivity contribution in [3.63, 3.8) is 0 Å². The number of aryl methyl sites for hydroxylation is 1. The van der Waals surface area contributed by atoms with Gasteiger partial charge in [-0.05, 0) is 50.1 Å². The minimum Gasteiger partial charge on any atom is -0.480 e. The molecule has 4 rings (SSSR count). The lowest BCUT2D eigenvalue weighted by molar-refractivity contribution is 0.0973. The largest absolute Gasteiger partial charge is 0.480 e. The Kier molecular flexibility index (Phi) is 6.56. The van der Waals surface area contributed by atoms with Crippen LogP contribution in [0.3, 0.4) is 0 Å². The zero-order chi connectivity index (χ0) is 25.6. The number of hydrogen-bond acceptors (Lipinski definition) is 7. The van der Waals surface area contributed by atoms with Gasteiger partial charge >= 0.3 is 5.69 Å². The SMILES string of the molecule is C=C(C)[C@H]1c2cc(-n3nc(CO)n(CC)c3=O)c(F)cc2C(=O)N(c2c(C)ccnc2OC)C1S. The summed E-state index contributed by atoms with van der Waals surface area (Å²) in [5.74, 6) is -1.45. The number of nitrogens with zero attached hydrogens (tertiary/aromatic N) is 5. The molecular weight excluding hydrogens is 473 g/mol. The third-order valence-electron chi connectivity index (χ3n) is 6.15. The van der Waals surface area contributed by atoms with Gasteiger partial charge in [0, 0.05) is 24.2 Å². The van der Waals surface area contributed by atoms with Gasteiger partial charge in [-0.25, -0.2) is 14.2 Å². The lowest BCUT2D eigenvalue weighted by Gasteiger charge is -2.41. The summed E-state index contributed by atoms with van der Waals surface area (Å²) in [6.45, 7) is 9.20. The Morgan fingerprint density at radius 2 is 2.06 bits per heavy atom. The number of aliphatic hydroxyl groups is 1. The van der Waals surface area contributed by atoms with E-state index in [9.17, 15) is 14.7 Å². The van der Waals surface area contributed by atoms with E-state index in [0.29, 0.717) is 16.8 Å². The highest BCUT2D eigenvalue weighted by Crippen LogP contribution is 2.45. The number of amides is 1. The van der Waals surface area contributed by atoms with Gasteiger partial charge in [0.1, 0.15) is 23.8 Å². The summed E-state index contributed by atoms with van der Waals surface area (Å²) in [6, 6.07) is 4.28. The molecule has 0 saturated carbocycles. The summed E-state index contributed by atoms with van der Waals surface area (Å²) in [5, 5.41) is 13.0. The molecule has 35 heavy (non-hydrogen) atoms. The normalized spacial score (nSPS) is 17.5. The van der Waals surface area contributed by atoms with Crippen LogP contribution in [0.25, 0.3) is 5.69 Å². The molecular formula is C24H26FN5O4S. The van der Waals surface area contributed by atoms with Crippen LogP contribution in [-0.2, 0) is 13.2 Å². The van der Waals surface area contributed by atoms with E-state index in [1.165, 1.54) is 22.6 Å². The van der Waals surface area contributed by atoms with E-state index in [0.717, 1.165) is 16.3 Å². The van der Waals surface area contributed by atoms with Crippen LogP contribution in [0.2, 0.25) is 0 Å². The van der Waals surface area contributed by atoms with Crippen molar-refractivity contribution in [2.45, 2.75) is 45.2 Å². The second-order valence-electron chi connectivity index (χ2n) is 8.30. The first kappa shape index (κ1) is 24.7. The topological polar surface area (TPSA) is 102 Å². The van der Waals surface area contributed by atoms with Crippen molar-refractivity contribution in [1.82, 2.24) is 19.3 Å². The van der Waals surface area contributed by atoms with E-state index >= 15 is 4.39 Å². The molecule has 184 valence electrons. The van der Waals surface area contributed by atoms with E-state index in [2.05, 4.69) is 16.7 Å². The number of aromatic nitrogens is 4. The van der Waals surface area contributed by atoms with Crippen LogP contribution in [0.15, 0.2) is 41.3 Å². The Morgan fingerprint density at radius 3 is 2.63 bits per heavy atom. The Morgan fingerprint density at radius 1 is 1.34 bits per heavy atom. The third kappa shape index (κ3) is 3.84. The summed E-state index contributed by atoms with van der Waals surface area (Å²) in [5.41, 5.74) is 1.72. The number of carbonyl (C=O) groups excluding carboxylic acids is 1. The molecule has 0 radical (unpaired) electrons. The van der Waals surface area contributed by atoms with E-state index in [4.69, 9.17) is 17.4 Å². The van der Waals surface area contributed by atoms with Crippen molar-refractivity contribution >= 4 is 24.2 Å². The van der Waals surface area contributed by atoms with Gasteiger partial charge in [0.25, 0.3) is 5.91 Å². The quantitative estimate of drug-likeness (QED) is 0.399. The molecule has 9 nitrogen and oxygen atoms in total. The molecule has 2 atom stereocenters. The molecule has 0 bridgehead atoms. The number of hydrogen-bond donors (Lipinski definition) is 2. The van der Waals surface area contributed by atoms with Gasteiger partial charge in [-0.2, -0.15) is 17.3 Å².